The fraction of sp³-hybridized carbons (Fsp3) is 0.188. The molecule has 0 saturated heterocycles. The van der Waals surface area contributed by atoms with Crippen LogP contribution < -0.4 is 14.2 Å². The second-order valence-electron chi connectivity index (χ2n) is 10.2. The number of benzene rings is 3. The zero-order chi connectivity index (χ0) is 29.4. The van der Waals surface area contributed by atoms with Gasteiger partial charge in [-0.1, -0.05) is 36.0 Å². The second-order valence-corrected chi connectivity index (χ2v) is 12.8. The van der Waals surface area contributed by atoms with Crippen molar-refractivity contribution in [1.82, 2.24) is 9.78 Å². The first-order chi connectivity index (χ1) is 20.2. The molecule has 1 aliphatic rings. The largest absolute Gasteiger partial charge is 0.748 e. The lowest BCUT2D eigenvalue weighted by Crippen LogP contribution is -2.32. The Morgan fingerprint density at radius 1 is 1.05 bits per heavy atom. The summed E-state index contributed by atoms with van der Waals surface area (Å²) in [4.78, 5) is 3.20. The van der Waals surface area contributed by atoms with Crippen LogP contribution in [0.2, 0.25) is 0 Å². The molecule has 0 amide bonds. The lowest BCUT2D eigenvalue weighted by atomic mass is 10.00. The molecule has 3 heterocycles. The number of methoxy groups -OCH3 is 1. The number of hydrogen-bond donors (Lipinski definition) is 0. The highest BCUT2D eigenvalue weighted by Gasteiger charge is 2.26. The summed E-state index contributed by atoms with van der Waals surface area (Å²) in [5.41, 5.74) is 6.89. The second kappa shape index (κ2) is 11.3. The molecule has 0 unspecified atom stereocenters. The summed E-state index contributed by atoms with van der Waals surface area (Å²) in [6.07, 6.45) is 4.32. The van der Waals surface area contributed by atoms with Gasteiger partial charge in [-0.3, -0.25) is 4.68 Å². The van der Waals surface area contributed by atoms with Gasteiger partial charge in [-0.2, -0.15) is 9.67 Å². The normalized spacial score (nSPS) is 14.1. The summed E-state index contributed by atoms with van der Waals surface area (Å²) in [5.74, 6) is 0.354. The molecule has 8 nitrogen and oxygen atoms in total. The number of fused-ring (bicyclic) bond motifs is 2. The van der Waals surface area contributed by atoms with Gasteiger partial charge in [0.05, 0.1) is 39.0 Å². The van der Waals surface area contributed by atoms with Crippen molar-refractivity contribution in [2.45, 2.75) is 11.3 Å². The zero-order valence-corrected chi connectivity index (χ0v) is 25.2. The van der Waals surface area contributed by atoms with E-state index in [4.69, 9.17) is 4.74 Å². The van der Waals surface area contributed by atoms with E-state index in [-0.39, 0.29) is 6.42 Å². The van der Waals surface area contributed by atoms with E-state index in [9.17, 15) is 13.0 Å². The SMILES string of the molecule is COc1ccc(-c2cc(C=C3Sc4ccccc4N3CCCS(=O)(=O)[O-])c3ccccc3[n+]2C)cc1-c1ccn(C)n1. The highest BCUT2D eigenvalue weighted by atomic mass is 32.2. The van der Waals surface area contributed by atoms with Crippen molar-refractivity contribution < 1.29 is 22.3 Å². The summed E-state index contributed by atoms with van der Waals surface area (Å²) in [7, 11) is 1.34. The first-order valence-corrected chi connectivity index (χ1v) is 15.9. The molecule has 2 aromatic heterocycles. The summed E-state index contributed by atoms with van der Waals surface area (Å²) >= 11 is 1.64. The van der Waals surface area contributed by atoms with Crippen molar-refractivity contribution in [3.8, 4) is 28.3 Å². The van der Waals surface area contributed by atoms with Crippen molar-refractivity contribution in [3.63, 3.8) is 0 Å². The van der Waals surface area contributed by atoms with Crippen LogP contribution in [0.15, 0.2) is 95.0 Å². The number of aromatic nitrogens is 3. The molecule has 6 rings (SSSR count). The number of ether oxygens (including phenoxy) is 1. The number of rotatable bonds is 8. The highest BCUT2D eigenvalue weighted by Crippen LogP contribution is 2.47. The van der Waals surface area contributed by atoms with Crippen molar-refractivity contribution in [1.29, 1.82) is 0 Å². The molecular formula is C32H30N4O4S2. The van der Waals surface area contributed by atoms with Gasteiger partial charge < -0.3 is 14.2 Å². The molecule has 0 spiro atoms. The van der Waals surface area contributed by atoms with Crippen LogP contribution in [0.1, 0.15) is 12.0 Å². The molecule has 0 saturated carbocycles. The van der Waals surface area contributed by atoms with E-state index in [1.54, 1.807) is 23.6 Å². The molecule has 0 fully saturated rings. The van der Waals surface area contributed by atoms with Gasteiger partial charge in [0.25, 0.3) is 0 Å². The van der Waals surface area contributed by atoms with Gasteiger partial charge in [0.1, 0.15) is 12.8 Å². The van der Waals surface area contributed by atoms with Crippen LogP contribution in [0.25, 0.3) is 39.5 Å². The maximum absolute atomic E-state index is 11.3. The molecule has 0 atom stereocenters. The van der Waals surface area contributed by atoms with Gasteiger partial charge >= 0.3 is 0 Å². The van der Waals surface area contributed by atoms with Gasteiger partial charge in [0.2, 0.25) is 11.2 Å². The van der Waals surface area contributed by atoms with Crippen LogP contribution in [0.3, 0.4) is 0 Å². The maximum Gasteiger partial charge on any atom is 0.213 e. The standard InChI is InChI=1S/C32H30N4O4S2/c1-34-17-15-26(33-34)25-19-22(13-14-30(25)40-3)29-20-23(24-9-4-5-10-27(24)35(29)2)21-32-36(16-8-18-42(37,38)39)28-11-6-7-12-31(28)41-32/h4-7,9-15,17,19-21H,8,16,18H2,1-3H3. The van der Waals surface area contributed by atoms with Crippen LogP contribution in [0.4, 0.5) is 5.69 Å². The minimum atomic E-state index is -4.29. The Kier molecular flexibility index (Phi) is 7.53. The Morgan fingerprint density at radius 2 is 1.83 bits per heavy atom. The quantitative estimate of drug-likeness (QED) is 0.170. The van der Waals surface area contributed by atoms with E-state index in [0.717, 1.165) is 60.3 Å². The molecule has 3 aromatic carbocycles. The van der Waals surface area contributed by atoms with Gasteiger partial charge in [-0.25, -0.2) is 8.42 Å². The fourth-order valence-corrected chi connectivity index (χ4v) is 7.03. The third kappa shape index (κ3) is 5.53. The number of nitrogens with zero attached hydrogens (tertiary/aromatic N) is 4. The molecule has 0 N–H and O–H groups in total. The van der Waals surface area contributed by atoms with E-state index in [1.807, 2.05) is 55.7 Å². The highest BCUT2D eigenvalue weighted by molar-refractivity contribution is 8.03. The third-order valence-corrected chi connectivity index (χ3v) is 9.31. The topological polar surface area (TPSA) is 91.4 Å². The molecule has 214 valence electrons. The third-order valence-electron chi connectivity index (χ3n) is 7.41. The molecular weight excluding hydrogens is 569 g/mol. The minimum absolute atomic E-state index is 0.246. The Morgan fingerprint density at radius 3 is 2.60 bits per heavy atom. The monoisotopic (exact) mass is 598 g/mol. The Labute approximate surface area is 249 Å². The van der Waals surface area contributed by atoms with Crippen LogP contribution in [-0.4, -0.2) is 42.2 Å². The Hall–Kier alpha value is -4.12. The van der Waals surface area contributed by atoms with Crippen LogP contribution in [0.5, 0.6) is 5.75 Å². The number of hydrogen-bond acceptors (Lipinski definition) is 7. The predicted molar refractivity (Wildman–Crippen MR) is 166 cm³/mol. The summed E-state index contributed by atoms with van der Waals surface area (Å²) in [6.45, 7) is 0.425. The lowest BCUT2D eigenvalue weighted by molar-refractivity contribution is -0.633. The minimum Gasteiger partial charge on any atom is -0.748 e. The first-order valence-electron chi connectivity index (χ1n) is 13.5. The zero-order valence-electron chi connectivity index (χ0n) is 23.5. The Balaban J connectivity index is 1.48. The molecule has 0 bridgehead atoms. The van der Waals surface area contributed by atoms with E-state index < -0.39 is 15.9 Å². The van der Waals surface area contributed by atoms with E-state index in [0.29, 0.717) is 6.54 Å². The average molecular weight is 599 g/mol. The van der Waals surface area contributed by atoms with E-state index in [2.05, 4.69) is 64.1 Å². The number of aryl methyl sites for hydroxylation is 2. The number of thioether (sulfide) groups is 1. The average Bonchev–Trinajstić information content (AvgIpc) is 3.56. The van der Waals surface area contributed by atoms with Crippen LogP contribution in [0, 0.1) is 0 Å². The van der Waals surface area contributed by atoms with Gasteiger partial charge in [0.15, 0.2) is 0 Å². The Bertz CT molecular complexity index is 1950. The number of pyridine rings is 1. The molecule has 10 heteroatoms. The molecule has 1 aliphatic heterocycles. The van der Waals surface area contributed by atoms with Gasteiger partial charge in [-0.05, 0) is 60.5 Å². The maximum atomic E-state index is 11.3. The number of para-hydroxylation sites is 2. The molecule has 0 radical (unpaired) electrons. The fourth-order valence-electron chi connectivity index (χ4n) is 5.41. The van der Waals surface area contributed by atoms with Crippen molar-refractivity contribution in [2.24, 2.45) is 14.1 Å². The van der Waals surface area contributed by atoms with Crippen molar-refractivity contribution in [3.05, 3.63) is 95.7 Å². The van der Waals surface area contributed by atoms with E-state index in [1.165, 1.54) is 0 Å². The van der Waals surface area contributed by atoms with Crippen molar-refractivity contribution >= 4 is 44.5 Å². The summed E-state index contributed by atoms with van der Waals surface area (Å²) in [5, 5.41) is 6.68. The smallest absolute Gasteiger partial charge is 0.213 e. The summed E-state index contributed by atoms with van der Waals surface area (Å²) < 4.78 is 43.6. The van der Waals surface area contributed by atoms with E-state index >= 15 is 0 Å². The van der Waals surface area contributed by atoms with Crippen LogP contribution in [-0.2, 0) is 24.2 Å². The van der Waals surface area contributed by atoms with Gasteiger partial charge in [-0.15, -0.1) is 0 Å². The lowest BCUT2D eigenvalue weighted by Gasteiger charge is -2.21. The molecule has 0 aliphatic carbocycles. The predicted octanol–water partition coefficient (Wildman–Crippen LogP) is 5.59. The van der Waals surface area contributed by atoms with Gasteiger partial charge in [0, 0.05) is 53.7 Å². The molecule has 5 aromatic rings. The summed E-state index contributed by atoms with van der Waals surface area (Å²) in [6, 6.07) is 26.6. The van der Waals surface area contributed by atoms with Crippen molar-refractivity contribution in [2.75, 3.05) is 24.3 Å². The molecule has 42 heavy (non-hydrogen) atoms. The van der Waals surface area contributed by atoms with Crippen LogP contribution >= 0.6 is 11.8 Å². The first kappa shape index (κ1) is 28.0. The number of anilines is 1.